The van der Waals surface area contributed by atoms with Crippen molar-refractivity contribution in [1.29, 1.82) is 0 Å². The molecule has 2 N–H and O–H groups in total. The molecule has 2 fully saturated rings. The quantitative estimate of drug-likeness (QED) is 0.270. The molecule has 0 unspecified atom stereocenters. The summed E-state index contributed by atoms with van der Waals surface area (Å²) in [6, 6.07) is 0.377. The molecule has 2 saturated heterocycles. The van der Waals surface area contributed by atoms with Crippen molar-refractivity contribution in [3.05, 3.63) is 0 Å². The van der Waals surface area contributed by atoms with Crippen molar-refractivity contribution in [2.75, 3.05) is 86.3 Å². The van der Waals surface area contributed by atoms with Gasteiger partial charge in [0, 0.05) is 59.4 Å². The molecule has 0 aliphatic carbocycles. The van der Waals surface area contributed by atoms with Gasteiger partial charge >= 0.3 is 0 Å². The van der Waals surface area contributed by atoms with Gasteiger partial charge in [-0.1, -0.05) is 0 Å². The van der Waals surface area contributed by atoms with Crippen LogP contribution in [0.2, 0.25) is 0 Å². The van der Waals surface area contributed by atoms with Gasteiger partial charge in [-0.05, 0) is 39.7 Å². The Morgan fingerprint density at radius 1 is 1.13 bits per heavy atom. The normalized spacial score (nSPS) is 19.6. The van der Waals surface area contributed by atoms with Gasteiger partial charge in [0.1, 0.15) is 6.54 Å². The number of hydrogen-bond acceptors (Lipinski definition) is 6. The zero-order valence-electron chi connectivity index (χ0n) is 20.1. The van der Waals surface area contributed by atoms with Crippen LogP contribution in [-0.2, 0) is 14.3 Å². The van der Waals surface area contributed by atoms with Crippen molar-refractivity contribution in [2.45, 2.75) is 45.3 Å². The van der Waals surface area contributed by atoms with E-state index < -0.39 is 0 Å². The third-order valence-electron chi connectivity index (χ3n) is 5.71. The molecule has 2 rings (SSSR count). The van der Waals surface area contributed by atoms with E-state index in [0.717, 1.165) is 90.9 Å². The second kappa shape index (κ2) is 14.6. The number of piperidine rings is 1. The Morgan fingerprint density at radius 2 is 1.81 bits per heavy atom. The van der Waals surface area contributed by atoms with Crippen LogP contribution in [0.5, 0.6) is 0 Å². The van der Waals surface area contributed by atoms with E-state index >= 15 is 0 Å². The Bertz CT molecular complexity index is 529. The molecule has 2 heterocycles. The van der Waals surface area contributed by atoms with E-state index in [1.54, 1.807) is 19.0 Å². The summed E-state index contributed by atoms with van der Waals surface area (Å²) in [6.45, 7) is 13.8. The van der Waals surface area contributed by atoms with Crippen molar-refractivity contribution in [1.82, 2.24) is 25.3 Å². The van der Waals surface area contributed by atoms with Gasteiger partial charge in [-0.3, -0.25) is 9.69 Å². The minimum Gasteiger partial charge on any atom is -0.379 e. The molecular formula is C22H44N6O3. The molecule has 0 saturated carbocycles. The SMILES string of the molecule is CC(C)OCCN1CCC(NC(=NCC(=O)N(C)C)NCCCN2CCOCC2)CC1. The number of guanidine groups is 1. The van der Waals surface area contributed by atoms with Gasteiger partial charge in [0.2, 0.25) is 5.91 Å². The van der Waals surface area contributed by atoms with Crippen molar-refractivity contribution in [3.63, 3.8) is 0 Å². The van der Waals surface area contributed by atoms with Crippen molar-refractivity contribution < 1.29 is 14.3 Å². The molecule has 0 spiro atoms. The summed E-state index contributed by atoms with van der Waals surface area (Å²) >= 11 is 0. The first kappa shape index (κ1) is 25.8. The lowest BCUT2D eigenvalue weighted by atomic mass is 10.1. The first-order chi connectivity index (χ1) is 14.9. The van der Waals surface area contributed by atoms with Gasteiger partial charge in [-0.25, -0.2) is 4.99 Å². The molecule has 31 heavy (non-hydrogen) atoms. The number of carbonyl (C=O) groups is 1. The molecule has 0 aromatic carbocycles. The van der Waals surface area contributed by atoms with Gasteiger partial charge in [0.15, 0.2) is 5.96 Å². The summed E-state index contributed by atoms with van der Waals surface area (Å²) in [6.07, 6.45) is 3.46. The van der Waals surface area contributed by atoms with Gasteiger partial charge < -0.3 is 29.9 Å². The predicted molar refractivity (Wildman–Crippen MR) is 125 cm³/mol. The van der Waals surface area contributed by atoms with Crippen LogP contribution in [0.25, 0.3) is 0 Å². The molecule has 9 nitrogen and oxygen atoms in total. The fourth-order valence-corrected chi connectivity index (χ4v) is 3.69. The Labute approximate surface area is 188 Å². The van der Waals surface area contributed by atoms with E-state index in [9.17, 15) is 4.79 Å². The maximum atomic E-state index is 12.0. The molecule has 9 heteroatoms. The maximum Gasteiger partial charge on any atom is 0.243 e. The second-order valence-electron chi connectivity index (χ2n) is 8.87. The molecule has 0 aromatic rings. The van der Waals surface area contributed by atoms with E-state index in [1.807, 2.05) is 0 Å². The molecular weight excluding hydrogens is 396 g/mol. The Balaban J connectivity index is 1.74. The molecule has 2 aliphatic heterocycles. The van der Waals surface area contributed by atoms with Crippen LogP contribution >= 0.6 is 0 Å². The van der Waals surface area contributed by atoms with E-state index in [4.69, 9.17) is 9.47 Å². The molecule has 2 aliphatic rings. The summed E-state index contributed by atoms with van der Waals surface area (Å²) < 4.78 is 11.1. The number of hydrogen-bond donors (Lipinski definition) is 2. The van der Waals surface area contributed by atoms with Gasteiger partial charge in [0.25, 0.3) is 0 Å². The van der Waals surface area contributed by atoms with E-state index in [-0.39, 0.29) is 18.6 Å². The summed E-state index contributed by atoms with van der Waals surface area (Å²) in [5.74, 6) is 0.758. The molecule has 0 radical (unpaired) electrons. The van der Waals surface area contributed by atoms with E-state index in [2.05, 4.69) is 39.3 Å². The average Bonchev–Trinajstić information content (AvgIpc) is 2.76. The maximum absolute atomic E-state index is 12.0. The average molecular weight is 441 g/mol. The second-order valence-corrected chi connectivity index (χ2v) is 8.87. The minimum absolute atomic E-state index is 0.00869. The predicted octanol–water partition coefficient (Wildman–Crippen LogP) is 0.222. The number of amides is 1. The monoisotopic (exact) mass is 440 g/mol. The van der Waals surface area contributed by atoms with Crippen LogP contribution in [0.4, 0.5) is 0 Å². The number of likely N-dealkylation sites (N-methyl/N-ethyl adjacent to an activating group) is 1. The van der Waals surface area contributed by atoms with Gasteiger partial charge in [-0.2, -0.15) is 0 Å². The zero-order valence-corrected chi connectivity index (χ0v) is 20.1. The number of ether oxygens (including phenoxy) is 2. The highest BCUT2D eigenvalue weighted by atomic mass is 16.5. The number of nitrogens with one attached hydrogen (secondary N) is 2. The van der Waals surface area contributed by atoms with Crippen molar-refractivity contribution in [2.24, 2.45) is 4.99 Å². The highest BCUT2D eigenvalue weighted by Gasteiger charge is 2.20. The summed E-state index contributed by atoms with van der Waals surface area (Å²) in [4.78, 5) is 23.0. The van der Waals surface area contributed by atoms with Crippen LogP contribution in [0.1, 0.15) is 33.1 Å². The highest BCUT2D eigenvalue weighted by molar-refractivity contribution is 5.84. The van der Waals surface area contributed by atoms with Gasteiger partial charge in [-0.15, -0.1) is 0 Å². The third kappa shape index (κ3) is 11.1. The van der Waals surface area contributed by atoms with Crippen LogP contribution < -0.4 is 10.6 Å². The summed E-state index contributed by atoms with van der Waals surface area (Å²) in [5.41, 5.74) is 0. The molecule has 0 bridgehead atoms. The molecule has 1 amide bonds. The van der Waals surface area contributed by atoms with Crippen LogP contribution in [0.15, 0.2) is 4.99 Å². The van der Waals surface area contributed by atoms with E-state index in [0.29, 0.717) is 6.04 Å². The molecule has 180 valence electrons. The van der Waals surface area contributed by atoms with Crippen LogP contribution in [0, 0.1) is 0 Å². The number of aliphatic imine (C=N–C) groups is 1. The first-order valence-electron chi connectivity index (χ1n) is 11.8. The Morgan fingerprint density at radius 3 is 2.45 bits per heavy atom. The smallest absolute Gasteiger partial charge is 0.243 e. The minimum atomic E-state index is 0.00869. The standard InChI is InChI=1S/C22H44N6O3/c1-19(2)31-17-14-28-10-6-20(7-11-28)25-22(24-18-21(29)26(3)4)23-8-5-9-27-12-15-30-16-13-27/h19-20H,5-18H2,1-4H3,(H2,23,24,25). The van der Waals surface area contributed by atoms with Crippen molar-refractivity contribution >= 4 is 11.9 Å². The van der Waals surface area contributed by atoms with Crippen LogP contribution in [0.3, 0.4) is 0 Å². The lowest BCUT2D eigenvalue weighted by Crippen LogP contribution is -2.49. The number of likely N-dealkylation sites (tertiary alicyclic amines) is 1. The lowest BCUT2D eigenvalue weighted by molar-refractivity contribution is -0.127. The lowest BCUT2D eigenvalue weighted by Gasteiger charge is -2.33. The number of rotatable bonds is 11. The van der Waals surface area contributed by atoms with Crippen LogP contribution in [-0.4, -0.2) is 125 Å². The van der Waals surface area contributed by atoms with Gasteiger partial charge in [0.05, 0.1) is 25.9 Å². The van der Waals surface area contributed by atoms with E-state index in [1.165, 1.54) is 0 Å². The zero-order chi connectivity index (χ0) is 22.5. The Hall–Kier alpha value is -1.42. The largest absolute Gasteiger partial charge is 0.379 e. The van der Waals surface area contributed by atoms with Crippen molar-refractivity contribution in [3.8, 4) is 0 Å². The fraction of sp³-hybridized carbons (Fsp3) is 0.909. The fourth-order valence-electron chi connectivity index (χ4n) is 3.69. The first-order valence-corrected chi connectivity index (χ1v) is 11.8. The topological polar surface area (TPSA) is 81.7 Å². The highest BCUT2D eigenvalue weighted by Crippen LogP contribution is 2.10. The summed E-state index contributed by atoms with van der Waals surface area (Å²) in [7, 11) is 3.53. The number of morpholine rings is 1. The number of nitrogens with zero attached hydrogens (tertiary/aromatic N) is 4. The number of carbonyl (C=O) groups excluding carboxylic acids is 1. The third-order valence-corrected chi connectivity index (χ3v) is 5.71. The molecule has 0 aromatic heterocycles. The Kier molecular flexibility index (Phi) is 12.2. The summed E-state index contributed by atoms with van der Waals surface area (Å²) in [5, 5.41) is 7.00. The molecule has 0 atom stereocenters.